The second kappa shape index (κ2) is 8.76. The van der Waals surface area contributed by atoms with Crippen LogP contribution in [0.1, 0.15) is 44.0 Å². The minimum Gasteiger partial charge on any atom is -0.333 e. The molecule has 150 valence electrons. The van der Waals surface area contributed by atoms with Crippen LogP contribution in [0.15, 0.2) is 60.7 Å². The number of hydrogen-bond donors (Lipinski definition) is 2. The molecular weight excluding hydrogens is 348 g/mol. The molecule has 0 aliphatic carbocycles. The summed E-state index contributed by atoms with van der Waals surface area (Å²) in [5.74, 6) is 0. The van der Waals surface area contributed by atoms with Gasteiger partial charge >= 0.3 is 6.03 Å². The normalized spacial score (nSPS) is 17.8. The van der Waals surface area contributed by atoms with E-state index < -0.39 is 0 Å². The van der Waals surface area contributed by atoms with Crippen molar-refractivity contribution in [2.75, 3.05) is 26.2 Å². The van der Waals surface area contributed by atoms with E-state index in [1.807, 2.05) is 49.9 Å². The van der Waals surface area contributed by atoms with E-state index in [4.69, 9.17) is 5.73 Å². The van der Waals surface area contributed by atoms with Crippen molar-refractivity contribution in [3.05, 3.63) is 71.8 Å². The number of nitrogens with zero attached hydrogens (tertiary/aromatic N) is 2. The van der Waals surface area contributed by atoms with Gasteiger partial charge in [0, 0.05) is 37.8 Å². The molecule has 0 bridgehead atoms. The molecule has 2 atom stereocenters. The highest BCUT2D eigenvalue weighted by molar-refractivity contribution is 5.75. The molecule has 1 aliphatic heterocycles. The van der Waals surface area contributed by atoms with Crippen LogP contribution in [0.2, 0.25) is 0 Å². The summed E-state index contributed by atoms with van der Waals surface area (Å²) < 4.78 is 0. The van der Waals surface area contributed by atoms with Gasteiger partial charge in [0.2, 0.25) is 0 Å². The van der Waals surface area contributed by atoms with Gasteiger partial charge in [-0.05, 0) is 31.9 Å². The van der Waals surface area contributed by atoms with Gasteiger partial charge in [0.05, 0.1) is 6.04 Å². The van der Waals surface area contributed by atoms with E-state index in [1.165, 1.54) is 5.56 Å². The zero-order valence-corrected chi connectivity index (χ0v) is 17.1. The Bertz CT molecular complexity index is 749. The first-order valence-corrected chi connectivity index (χ1v) is 10.0. The maximum absolute atomic E-state index is 12.5. The van der Waals surface area contributed by atoms with E-state index >= 15 is 0 Å². The van der Waals surface area contributed by atoms with E-state index in [0.717, 1.165) is 18.7 Å². The molecule has 0 saturated carbocycles. The molecule has 0 spiro atoms. The first kappa shape index (κ1) is 20.4. The molecule has 3 N–H and O–H groups in total. The summed E-state index contributed by atoms with van der Waals surface area (Å²) in [6.45, 7) is 9.03. The lowest BCUT2D eigenvalue weighted by atomic mass is 9.92. The predicted octanol–water partition coefficient (Wildman–Crippen LogP) is 3.55. The van der Waals surface area contributed by atoms with Crippen LogP contribution in [0, 0.1) is 0 Å². The quantitative estimate of drug-likeness (QED) is 0.853. The number of urea groups is 1. The molecule has 0 radical (unpaired) electrons. The Labute approximate surface area is 168 Å². The van der Waals surface area contributed by atoms with Crippen LogP contribution >= 0.6 is 0 Å². The summed E-state index contributed by atoms with van der Waals surface area (Å²) in [5, 5.41) is 3.06. The molecule has 0 unspecified atom stereocenters. The number of nitrogens with one attached hydrogen (secondary N) is 1. The fourth-order valence-electron chi connectivity index (χ4n) is 3.76. The van der Waals surface area contributed by atoms with Gasteiger partial charge in [0.25, 0.3) is 0 Å². The van der Waals surface area contributed by atoms with Crippen LogP contribution in [-0.4, -0.2) is 47.5 Å². The number of carbonyl (C=O) groups excluding carboxylic acids is 1. The minimum absolute atomic E-state index is 0.00997. The molecule has 28 heavy (non-hydrogen) atoms. The first-order chi connectivity index (χ1) is 13.3. The third-order valence-electron chi connectivity index (χ3n) is 5.14. The molecule has 2 aromatic carbocycles. The molecule has 0 aromatic heterocycles. The number of piperazine rings is 1. The van der Waals surface area contributed by atoms with Crippen molar-refractivity contribution in [1.82, 2.24) is 15.1 Å². The second-order valence-electron chi connectivity index (χ2n) is 8.50. The van der Waals surface area contributed by atoms with Crippen molar-refractivity contribution in [2.24, 2.45) is 5.73 Å². The molecule has 2 aromatic rings. The van der Waals surface area contributed by atoms with Gasteiger partial charge in [0.1, 0.15) is 0 Å². The van der Waals surface area contributed by atoms with Gasteiger partial charge in [-0.2, -0.15) is 0 Å². The van der Waals surface area contributed by atoms with Crippen LogP contribution in [-0.2, 0) is 0 Å². The number of carbonyl (C=O) groups is 1. The molecular formula is C23H32N4O. The Hall–Kier alpha value is -2.37. The summed E-state index contributed by atoms with van der Waals surface area (Å²) in [7, 11) is 0. The lowest BCUT2D eigenvalue weighted by molar-refractivity contribution is 0.0940. The first-order valence-electron chi connectivity index (χ1n) is 10.0. The SMILES string of the molecule is CC(C)(C)NC(=O)N1CCN([C@H](c2ccccc2)[C@@H](N)c2ccccc2)CC1. The molecule has 1 saturated heterocycles. The number of nitrogens with two attached hydrogens (primary N) is 1. The Morgan fingerprint density at radius 3 is 1.89 bits per heavy atom. The molecule has 3 rings (SSSR count). The third kappa shape index (κ3) is 5.12. The number of benzene rings is 2. The predicted molar refractivity (Wildman–Crippen MR) is 114 cm³/mol. The van der Waals surface area contributed by atoms with Gasteiger partial charge < -0.3 is 16.0 Å². The maximum atomic E-state index is 12.5. The largest absolute Gasteiger partial charge is 0.333 e. The van der Waals surface area contributed by atoms with Crippen molar-refractivity contribution in [1.29, 1.82) is 0 Å². The van der Waals surface area contributed by atoms with Crippen molar-refractivity contribution in [2.45, 2.75) is 38.4 Å². The summed E-state index contributed by atoms with van der Waals surface area (Å²) in [4.78, 5) is 16.8. The number of rotatable bonds is 4. The van der Waals surface area contributed by atoms with Crippen molar-refractivity contribution >= 4 is 6.03 Å². The average Bonchev–Trinajstić information content (AvgIpc) is 2.69. The van der Waals surface area contributed by atoms with E-state index in [2.05, 4.69) is 46.6 Å². The Kier molecular flexibility index (Phi) is 6.37. The lowest BCUT2D eigenvalue weighted by Gasteiger charge is -2.42. The zero-order valence-electron chi connectivity index (χ0n) is 17.1. The average molecular weight is 381 g/mol. The lowest BCUT2D eigenvalue weighted by Crippen LogP contribution is -2.56. The highest BCUT2D eigenvalue weighted by atomic mass is 16.2. The van der Waals surface area contributed by atoms with E-state index in [0.29, 0.717) is 13.1 Å². The van der Waals surface area contributed by atoms with E-state index in [9.17, 15) is 4.79 Å². The minimum atomic E-state index is -0.226. The standard InChI is InChI=1S/C23H32N4O/c1-23(2,3)25-22(28)27-16-14-26(15-17-27)21(19-12-8-5-9-13-19)20(24)18-10-6-4-7-11-18/h4-13,20-21H,14-17,24H2,1-3H3,(H,25,28)/t20-,21+/m0/s1. The fraction of sp³-hybridized carbons (Fsp3) is 0.435. The summed E-state index contributed by atoms with van der Waals surface area (Å²) >= 11 is 0. The van der Waals surface area contributed by atoms with E-state index in [-0.39, 0.29) is 23.7 Å². The second-order valence-corrected chi connectivity index (χ2v) is 8.50. The Balaban J connectivity index is 1.75. The fourth-order valence-corrected chi connectivity index (χ4v) is 3.76. The molecule has 5 heteroatoms. The van der Waals surface area contributed by atoms with Crippen LogP contribution in [0.25, 0.3) is 0 Å². The summed E-state index contributed by atoms with van der Waals surface area (Å²) in [6, 6.07) is 20.7. The van der Waals surface area contributed by atoms with Crippen LogP contribution in [0.5, 0.6) is 0 Å². The topological polar surface area (TPSA) is 61.6 Å². The monoisotopic (exact) mass is 380 g/mol. The van der Waals surface area contributed by atoms with Gasteiger partial charge in [0.15, 0.2) is 0 Å². The van der Waals surface area contributed by atoms with Crippen molar-refractivity contribution < 1.29 is 4.79 Å². The Morgan fingerprint density at radius 1 is 0.893 bits per heavy atom. The Morgan fingerprint density at radius 2 is 1.39 bits per heavy atom. The smallest absolute Gasteiger partial charge is 0.317 e. The van der Waals surface area contributed by atoms with Crippen molar-refractivity contribution in [3.8, 4) is 0 Å². The van der Waals surface area contributed by atoms with E-state index in [1.54, 1.807) is 0 Å². The molecule has 1 heterocycles. The maximum Gasteiger partial charge on any atom is 0.317 e. The molecule has 5 nitrogen and oxygen atoms in total. The van der Waals surface area contributed by atoms with Crippen molar-refractivity contribution in [3.63, 3.8) is 0 Å². The third-order valence-corrected chi connectivity index (χ3v) is 5.14. The molecule has 1 aliphatic rings. The van der Waals surface area contributed by atoms with Crippen LogP contribution in [0.3, 0.4) is 0 Å². The van der Waals surface area contributed by atoms with Crippen LogP contribution in [0.4, 0.5) is 4.79 Å². The number of amides is 2. The van der Waals surface area contributed by atoms with Crippen LogP contribution < -0.4 is 11.1 Å². The van der Waals surface area contributed by atoms with Gasteiger partial charge in [-0.25, -0.2) is 4.79 Å². The van der Waals surface area contributed by atoms with Gasteiger partial charge in [-0.1, -0.05) is 60.7 Å². The van der Waals surface area contributed by atoms with Gasteiger partial charge in [-0.15, -0.1) is 0 Å². The molecule has 1 fully saturated rings. The summed E-state index contributed by atoms with van der Waals surface area (Å²) in [5.41, 5.74) is 8.86. The zero-order chi connectivity index (χ0) is 20.1. The van der Waals surface area contributed by atoms with Gasteiger partial charge in [-0.3, -0.25) is 4.90 Å². The summed E-state index contributed by atoms with van der Waals surface area (Å²) in [6.07, 6.45) is 0. The highest BCUT2D eigenvalue weighted by Crippen LogP contribution is 2.33. The highest BCUT2D eigenvalue weighted by Gasteiger charge is 2.32. The molecule has 2 amide bonds. The number of hydrogen-bond acceptors (Lipinski definition) is 3.